The van der Waals surface area contributed by atoms with Gasteiger partial charge in [0.25, 0.3) is 0 Å². The molecule has 0 saturated heterocycles. The summed E-state index contributed by atoms with van der Waals surface area (Å²) in [7, 11) is 0. The lowest BCUT2D eigenvalue weighted by Crippen LogP contribution is -2.17. The summed E-state index contributed by atoms with van der Waals surface area (Å²) in [6.07, 6.45) is 0. The van der Waals surface area contributed by atoms with Crippen molar-refractivity contribution in [2.75, 3.05) is 13.2 Å². The zero-order valence-corrected chi connectivity index (χ0v) is 7.63. The van der Waals surface area contributed by atoms with Gasteiger partial charge in [0.05, 0.1) is 6.61 Å². The third-order valence-corrected chi connectivity index (χ3v) is 2.25. The van der Waals surface area contributed by atoms with Gasteiger partial charge in [0.1, 0.15) is 5.82 Å². The molecule has 1 aromatic rings. The van der Waals surface area contributed by atoms with Crippen LogP contribution in [0.5, 0.6) is 0 Å². The molecule has 0 amide bonds. The molecular weight excluding hydrogens is 169 g/mol. The van der Waals surface area contributed by atoms with E-state index in [0.29, 0.717) is 12.1 Å². The van der Waals surface area contributed by atoms with E-state index in [4.69, 9.17) is 10.8 Å². The van der Waals surface area contributed by atoms with Crippen LogP contribution in [-0.4, -0.2) is 18.3 Å². The summed E-state index contributed by atoms with van der Waals surface area (Å²) in [4.78, 5) is 0. The molecule has 0 radical (unpaired) electrons. The first-order valence-electron chi connectivity index (χ1n) is 4.26. The lowest BCUT2D eigenvalue weighted by Gasteiger charge is -2.14. The third-order valence-electron chi connectivity index (χ3n) is 2.25. The van der Waals surface area contributed by atoms with Crippen molar-refractivity contribution >= 4 is 0 Å². The predicted octanol–water partition coefficient (Wildman–Crippen LogP) is 1.17. The van der Waals surface area contributed by atoms with Crippen molar-refractivity contribution in [1.82, 2.24) is 0 Å². The molecule has 1 unspecified atom stereocenters. The fourth-order valence-electron chi connectivity index (χ4n) is 1.37. The summed E-state index contributed by atoms with van der Waals surface area (Å²) in [5, 5.41) is 8.99. The Morgan fingerprint density at radius 1 is 1.54 bits per heavy atom. The van der Waals surface area contributed by atoms with Crippen molar-refractivity contribution in [1.29, 1.82) is 0 Å². The molecule has 1 aromatic carbocycles. The molecule has 0 aliphatic rings. The van der Waals surface area contributed by atoms with Gasteiger partial charge in [0, 0.05) is 12.5 Å². The van der Waals surface area contributed by atoms with Crippen LogP contribution in [0.25, 0.3) is 0 Å². The minimum absolute atomic E-state index is 0.0409. The average Bonchev–Trinajstić information content (AvgIpc) is 2.14. The van der Waals surface area contributed by atoms with Gasteiger partial charge in [-0.25, -0.2) is 4.39 Å². The van der Waals surface area contributed by atoms with Gasteiger partial charge in [0.2, 0.25) is 0 Å². The molecule has 2 nitrogen and oxygen atoms in total. The standard InChI is InChI=1S/C10H14FNO/c1-7-9(8(5-12)6-13)3-2-4-10(7)11/h2-4,8,13H,5-6,12H2,1H3. The number of halogens is 1. The van der Waals surface area contributed by atoms with Crippen LogP contribution in [0.3, 0.4) is 0 Å². The van der Waals surface area contributed by atoms with Crippen molar-refractivity contribution in [3.63, 3.8) is 0 Å². The summed E-state index contributed by atoms with van der Waals surface area (Å²) in [5.41, 5.74) is 6.82. The zero-order chi connectivity index (χ0) is 9.84. The molecule has 0 aliphatic carbocycles. The number of hydrogen-bond donors (Lipinski definition) is 2. The van der Waals surface area contributed by atoms with Crippen LogP contribution in [0.1, 0.15) is 17.0 Å². The second-order valence-electron chi connectivity index (χ2n) is 3.07. The summed E-state index contributed by atoms with van der Waals surface area (Å²) >= 11 is 0. The molecule has 3 N–H and O–H groups in total. The van der Waals surface area contributed by atoms with Gasteiger partial charge < -0.3 is 10.8 Å². The summed E-state index contributed by atoms with van der Waals surface area (Å²) in [6.45, 7) is 1.99. The number of aliphatic hydroxyl groups excluding tert-OH is 1. The Morgan fingerprint density at radius 3 is 2.77 bits per heavy atom. The molecule has 72 valence electrons. The molecule has 1 rings (SSSR count). The molecular formula is C10H14FNO. The van der Waals surface area contributed by atoms with Gasteiger partial charge >= 0.3 is 0 Å². The summed E-state index contributed by atoms with van der Waals surface area (Å²) < 4.78 is 13.1. The average molecular weight is 183 g/mol. The second kappa shape index (κ2) is 4.35. The molecule has 13 heavy (non-hydrogen) atoms. The van der Waals surface area contributed by atoms with Crippen LogP contribution in [0.15, 0.2) is 18.2 Å². The minimum Gasteiger partial charge on any atom is -0.396 e. The first-order chi connectivity index (χ1) is 6.20. The Balaban J connectivity index is 3.05. The molecule has 0 fully saturated rings. The molecule has 3 heteroatoms. The molecule has 0 bridgehead atoms. The van der Waals surface area contributed by atoms with Crippen LogP contribution >= 0.6 is 0 Å². The van der Waals surface area contributed by atoms with E-state index in [1.54, 1.807) is 19.1 Å². The zero-order valence-electron chi connectivity index (χ0n) is 7.63. The number of rotatable bonds is 3. The van der Waals surface area contributed by atoms with Gasteiger partial charge in [-0.1, -0.05) is 12.1 Å². The monoisotopic (exact) mass is 183 g/mol. The Morgan fingerprint density at radius 2 is 2.23 bits per heavy atom. The lowest BCUT2D eigenvalue weighted by molar-refractivity contribution is 0.267. The third kappa shape index (κ3) is 2.05. The van der Waals surface area contributed by atoms with E-state index >= 15 is 0 Å². The summed E-state index contributed by atoms with van der Waals surface area (Å²) in [6, 6.07) is 4.84. The number of nitrogens with two attached hydrogens (primary N) is 1. The number of hydrogen-bond acceptors (Lipinski definition) is 2. The Labute approximate surface area is 77.2 Å². The number of benzene rings is 1. The van der Waals surface area contributed by atoms with Gasteiger partial charge in [-0.15, -0.1) is 0 Å². The van der Waals surface area contributed by atoms with E-state index in [0.717, 1.165) is 5.56 Å². The first kappa shape index (κ1) is 10.2. The van der Waals surface area contributed by atoms with Gasteiger partial charge in [0.15, 0.2) is 0 Å². The van der Waals surface area contributed by atoms with Gasteiger partial charge in [-0.05, 0) is 24.1 Å². The molecule has 0 spiro atoms. The van der Waals surface area contributed by atoms with Gasteiger partial charge in [-0.3, -0.25) is 0 Å². The maximum absolute atomic E-state index is 13.1. The lowest BCUT2D eigenvalue weighted by atomic mass is 9.95. The molecule has 0 saturated carbocycles. The maximum atomic E-state index is 13.1. The molecule has 0 aliphatic heterocycles. The van der Waals surface area contributed by atoms with E-state index in [1.165, 1.54) is 6.07 Å². The Kier molecular flexibility index (Phi) is 3.39. The quantitative estimate of drug-likeness (QED) is 0.738. The van der Waals surface area contributed by atoms with E-state index in [2.05, 4.69) is 0 Å². The van der Waals surface area contributed by atoms with E-state index in [1.807, 2.05) is 0 Å². The first-order valence-corrected chi connectivity index (χ1v) is 4.26. The Hall–Kier alpha value is -0.930. The van der Waals surface area contributed by atoms with Crippen LogP contribution < -0.4 is 5.73 Å². The fourth-order valence-corrected chi connectivity index (χ4v) is 1.37. The highest BCUT2D eigenvalue weighted by atomic mass is 19.1. The normalized spacial score (nSPS) is 12.9. The van der Waals surface area contributed by atoms with Crippen LogP contribution in [0, 0.1) is 12.7 Å². The highest BCUT2D eigenvalue weighted by molar-refractivity contribution is 5.30. The van der Waals surface area contributed by atoms with Crippen molar-refractivity contribution < 1.29 is 9.50 Å². The number of aliphatic hydroxyl groups is 1. The van der Waals surface area contributed by atoms with Crippen LogP contribution in [0.4, 0.5) is 4.39 Å². The Bertz CT molecular complexity index is 284. The maximum Gasteiger partial charge on any atom is 0.126 e. The summed E-state index contributed by atoms with van der Waals surface area (Å²) in [5.74, 6) is -0.403. The molecule has 0 aromatic heterocycles. The van der Waals surface area contributed by atoms with E-state index < -0.39 is 0 Å². The fraction of sp³-hybridized carbons (Fsp3) is 0.400. The molecule has 1 atom stereocenters. The van der Waals surface area contributed by atoms with Crippen molar-refractivity contribution in [2.24, 2.45) is 5.73 Å². The largest absolute Gasteiger partial charge is 0.396 e. The smallest absolute Gasteiger partial charge is 0.126 e. The highest BCUT2D eigenvalue weighted by Gasteiger charge is 2.12. The van der Waals surface area contributed by atoms with Crippen LogP contribution in [-0.2, 0) is 0 Å². The van der Waals surface area contributed by atoms with Crippen LogP contribution in [0.2, 0.25) is 0 Å². The minimum atomic E-state index is -0.246. The molecule has 0 heterocycles. The van der Waals surface area contributed by atoms with Crippen molar-refractivity contribution in [3.8, 4) is 0 Å². The topological polar surface area (TPSA) is 46.2 Å². The van der Waals surface area contributed by atoms with E-state index in [9.17, 15) is 4.39 Å². The SMILES string of the molecule is Cc1c(F)cccc1C(CN)CO. The second-order valence-corrected chi connectivity index (χ2v) is 3.07. The van der Waals surface area contributed by atoms with Gasteiger partial charge in [-0.2, -0.15) is 0 Å². The van der Waals surface area contributed by atoms with Crippen molar-refractivity contribution in [2.45, 2.75) is 12.8 Å². The van der Waals surface area contributed by atoms with E-state index in [-0.39, 0.29) is 18.3 Å². The predicted molar refractivity (Wildman–Crippen MR) is 50.0 cm³/mol. The highest BCUT2D eigenvalue weighted by Crippen LogP contribution is 2.20. The van der Waals surface area contributed by atoms with Crippen molar-refractivity contribution in [3.05, 3.63) is 35.1 Å².